The zero-order valence-electron chi connectivity index (χ0n) is 16.5. The SMILES string of the molecule is Cc1c(Cl)cccc1NC(=O)CN(Cc1ccc(F)cc1)S(=O)(=O)c1ccc(Cl)cc1. The maximum atomic E-state index is 13.3. The molecule has 0 aliphatic carbocycles. The summed E-state index contributed by atoms with van der Waals surface area (Å²) < 4.78 is 40.8. The summed E-state index contributed by atoms with van der Waals surface area (Å²) in [6.45, 7) is 1.18. The van der Waals surface area contributed by atoms with Gasteiger partial charge in [-0.1, -0.05) is 41.4 Å². The van der Waals surface area contributed by atoms with Gasteiger partial charge >= 0.3 is 0 Å². The molecule has 0 aliphatic rings. The smallest absolute Gasteiger partial charge is 0.243 e. The summed E-state index contributed by atoms with van der Waals surface area (Å²) in [4.78, 5) is 12.7. The van der Waals surface area contributed by atoms with Crippen molar-refractivity contribution in [3.63, 3.8) is 0 Å². The first-order valence-electron chi connectivity index (χ1n) is 9.22. The van der Waals surface area contributed by atoms with Gasteiger partial charge in [-0.3, -0.25) is 4.79 Å². The first-order valence-corrected chi connectivity index (χ1v) is 11.4. The molecule has 31 heavy (non-hydrogen) atoms. The molecule has 5 nitrogen and oxygen atoms in total. The highest BCUT2D eigenvalue weighted by molar-refractivity contribution is 7.89. The number of rotatable bonds is 7. The molecule has 0 atom stereocenters. The van der Waals surface area contributed by atoms with Crippen LogP contribution in [0.5, 0.6) is 0 Å². The minimum absolute atomic E-state index is 0.00857. The van der Waals surface area contributed by atoms with E-state index in [9.17, 15) is 17.6 Å². The topological polar surface area (TPSA) is 66.5 Å². The zero-order valence-corrected chi connectivity index (χ0v) is 18.8. The Morgan fingerprint density at radius 1 is 1.00 bits per heavy atom. The molecule has 0 saturated carbocycles. The summed E-state index contributed by atoms with van der Waals surface area (Å²) in [5.41, 5.74) is 1.69. The highest BCUT2D eigenvalue weighted by Crippen LogP contribution is 2.24. The minimum Gasteiger partial charge on any atom is -0.325 e. The summed E-state index contributed by atoms with van der Waals surface area (Å²) in [6, 6.07) is 16.1. The zero-order chi connectivity index (χ0) is 22.6. The van der Waals surface area contributed by atoms with Gasteiger partial charge in [-0.25, -0.2) is 12.8 Å². The van der Waals surface area contributed by atoms with E-state index in [2.05, 4.69) is 5.32 Å². The molecule has 0 saturated heterocycles. The Bertz CT molecular complexity index is 1180. The molecular formula is C22H19Cl2FN2O3S. The van der Waals surface area contributed by atoms with Crippen molar-refractivity contribution in [1.82, 2.24) is 4.31 Å². The van der Waals surface area contributed by atoms with E-state index in [4.69, 9.17) is 23.2 Å². The normalized spacial score (nSPS) is 11.5. The van der Waals surface area contributed by atoms with Gasteiger partial charge in [0.1, 0.15) is 5.82 Å². The molecule has 0 aliphatic heterocycles. The number of nitrogens with one attached hydrogen (secondary N) is 1. The van der Waals surface area contributed by atoms with Crippen LogP contribution < -0.4 is 5.32 Å². The van der Waals surface area contributed by atoms with Gasteiger partial charge in [0.2, 0.25) is 15.9 Å². The van der Waals surface area contributed by atoms with Crippen molar-refractivity contribution in [1.29, 1.82) is 0 Å². The van der Waals surface area contributed by atoms with E-state index in [1.54, 1.807) is 25.1 Å². The van der Waals surface area contributed by atoms with Crippen LogP contribution in [0.25, 0.3) is 0 Å². The third-order valence-electron chi connectivity index (χ3n) is 4.59. The number of halogens is 3. The Hall–Kier alpha value is -2.45. The molecule has 3 rings (SSSR count). The summed E-state index contributed by atoms with van der Waals surface area (Å²) in [5, 5.41) is 3.57. The molecule has 3 aromatic carbocycles. The molecule has 0 bridgehead atoms. The van der Waals surface area contributed by atoms with E-state index >= 15 is 0 Å². The minimum atomic E-state index is -4.04. The Labute approximate surface area is 190 Å². The Kier molecular flexibility index (Phi) is 7.33. The highest BCUT2D eigenvalue weighted by atomic mass is 35.5. The van der Waals surface area contributed by atoms with Crippen molar-refractivity contribution in [2.75, 3.05) is 11.9 Å². The number of benzene rings is 3. The van der Waals surface area contributed by atoms with Crippen molar-refractivity contribution in [2.45, 2.75) is 18.4 Å². The van der Waals surface area contributed by atoms with Gasteiger partial charge in [0, 0.05) is 22.3 Å². The third kappa shape index (κ3) is 5.83. The van der Waals surface area contributed by atoms with Crippen molar-refractivity contribution < 1.29 is 17.6 Å². The lowest BCUT2D eigenvalue weighted by Crippen LogP contribution is -2.37. The monoisotopic (exact) mass is 480 g/mol. The molecule has 0 radical (unpaired) electrons. The van der Waals surface area contributed by atoms with Crippen LogP contribution in [0.4, 0.5) is 10.1 Å². The van der Waals surface area contributed by atoms with Crippen LogP contribution in [0.1, 0.15) is 11.1 Å². The lowest BCUT2D eigenvalue weighted by atomic mass is 10.2. The number of hydrogen-bond acceptors (Lipinski definition) is 3. The Morgan fingerprint density at radius 3 is 2.29 bits per heavy atom. The molecule has 0 unspecified atom stereocenters. The number of sulfonamides is 1. The molecular weight excluding hydrogens is 462 g/mol. The number of carbonyl (C=O) groups is 1. The number of anilines is 1. The quantitative estimate of drug-likeness (QED) is 0.500. The fourth-order valence-electron chi connectivity index (χ4n) is 2.87. The first kappa shape index (κ1) is 23.2. The van der Waals surface area contributed by atoms with Crippen LogP contribution in [-0.2, 0) is 21.4 Å². The van der Waals surface area contributed by atoms with Gasteiger partial charge in [0.05, 0.1) is 11.4 Å². The van der Waals surface area contributed by atoms with E-state index in [0.717, 1.165) is 4.31 Å². The maximum Gasteiger partial charge on any atom is 0.243 e. The average molecular weight is 481 g/mol. The Morgan fingerprint density at radius 2 is 1.65 bits per heavy atom. The fraction of sp³-hybridized carbons (Fsp3) is 0.136. The number of hydrogen-bond donors (Lipinski definition) is 1. The van der Waals surface area contributed by atoms with E-state index < -0.39 is 28.3 Å². The van der Waals surface area contributed by atoms with Crippen LogP contribution in [0.3, 0.4) is 0 Å². The van der Waals surface area contributed by atoms with E-state index in [1.807, 2.05) is 0 Å². The van der Waals surface area contributed by atoms with Gasteiger partial charge in [0.15, 0.2) is 0 Å². The van der Waals surface area contributed by atoms with Crippen LogP contribution in [0, 0.1) is 12.7 Å². The number of nitrogens with zero attached hydrogens (tertiary/aromatic N) is 1. The number of carbonyl (C=O) groups excluding carboxylic acids is 1. The van der Waals surface area contributed by atoms with Crippen LogP contribution in [0.2, 0.25) is 10.0 Å². The molecule has 0 fully saturated rings. The lowest BCUT2D eigenvalue weighted by Gasteiger charge is -2.22. The lowest BCUT2D eigenvalue weighted by molar-refractivity contribution is -0.116. The van der Waals surface area contributed by atoms with Gasteiger partial charge in [-0.15, -0.1) is 0 Å². The van der Waals surface area contributed by atoms with Gasteiger partial charge in [0.25, 0.3) is 0 Å². The summed E-state index contributed by atoms with van der Waals surface area (Å²) in [7, 11) is -4.04. The predicted molar refractivity (Wildman–Crippen MR) is 120 cm³/mol. The van der Waals surface area contributed by atoms with Crippen molar-refractivity contribution in [3.05, 3.63) is 93.7 Å². The molecule has 0 heterocycles. The van der Waals surface area contributed by atoms with Crippen molar-refractivity contribution >= 4 is 44.8 Å². The van der Waals surface area contributed by atoms with Gasteiger partial charge < -0.3 is 5.32 Å². The second-order valence-corrected chi connectivity index (χ2v) is 9.60. The maximum absolute atomic E-state index is 13.3. The van der Waals surface area contributed by atoms with Gasteiger partial charge in [-0.05, 0) is 66.6 Å². The first-order chi connectivity index (χ1) is 14.7. The number of amides is 1. The van der Waals surface area contributed by atoms with Crippen LogP contribution >= 0.6 is 23.2 Å². The molecule has 1 amide bonds. The van der Waals surface area contributed by atoms with Gasteiger partial charge in [-0.2, -0.15) is 4.31 Å². The molecule has 1 N–H and O–H groups in total. The standard InChI is InChI=1S/C22H19Cl2FN2O3S/c1-15-20(24)3-2-4-21(15)26-22(28)14-27(13-16-5-9-18(25)10-6-16)31(29,30)19-11-7-17(23)8-12-19/h2-12H,13-14H2,1H3,(H,26,28). The summed E-state index contributed by atoms with van der Waals surface area (Å²) in [6.07, 6.45) is 0. The second-order valence-electron chi connectivity index (χ2n) is 6.81. The fourth-order valence-corrected chi connectivity index (χ4v) is 4.55. The predicted octanol–water partition coefficient (Wildman–Crippen LogP) is 5.27. The van der Waals surface area contributed by atoms with E-state index in [0.29, 0.717) is 26.9 Å². The Balaban J connectivity index is 1.89. The van der Waals surface area contributed by atoms with Crippen LogP contribution in [0.15, 0.2) is 71.6 Å². The van der Waals surface area contributed by atoms with Crippen molar-refractivity contribution in [3.8, 4) is 0 Å². The molecule has 0 aromatic heterocycles. The molecule has 0 spiro atoms. The van der Waals surface area contributed by atoms with E-state index in [-0.39, 0.29) is 11.4 Å². The highest BCUT2D eigenvalue weighted by Gasteiger charge is 2.27. The molecule has 9 heteroatoms. The average Bonchev–Trinajstić information content (AvgIpc) is 2.73. The largest absolute Gasteiger partial charge is 0.325 e. The van der Waals surface area contributed by atoms with Crippen molar-refractivity contribution in [2.24, 2.45) is 0 Å². The summed E-state index contributed by atoms with van der Waals surface area (Å²) in [5.74, 6) is -0.977. The third-order valence-corrected chi connectivity index (χ3v) is 7.05. The molecule has 162 valence electrons. The second kappa shape index (κ2) is 9.78. The summed E-state index contributed by atoms with van der Waals surface area (Å²) >= 11 is 12.0. The van der Waals surface area contributed by atoms with Crippen LogP contribution in [-0.4, -0.2) is 25.2 Å². The molecule has 3 aromatic rings. The van der Waals surface area contributed by atoms with E-state index in [1.165, 1.54) is 48.5 Å².